The monoisotopic (exact) mass is 197 g/mol. The molecule has 1 aromatic carbocycles. The highest BCUT2D eigenvalue weighted by Gasteiger charge is 1.95. The summed E-state index contributed by atoms with van der Waals surface area (Å²) in [7, 11) is 0. The van der Waals surface area contributed by atoms with E-state index in [-0.39, 0.29) is 18.0 Å². The zero-order valence-electron chi connectivity index (χ0n) is 6.69. The van der Waals surface area contributed by atoms with Gasteiger partial charge in [-0.05, 0) is 18.2 Å². The molecule has 0 radical (unpaired) electrons. The predicted octanol–water partition coefficient (Wildman–Crippen LogP) is 1.80. The van der Waals surface area contributed by atoms with Crippen LogP contribution >= 0.6 is 12.4 Å². The largest absolute Gasteiger partial charge is 0.423 e. The van der Waals surface area contributed by atoms with Gasteiger partial charge in [-0.1, -0.05) is 0 Å². The highest BCUT2D eigenvalue weighted by molar-refractivity contribution is 5.85. The smallest absolute Gasteiger partial charge is 0.336 e. The van der Waals surface area contributed by atoms with Crippen molar-refractivity contribution in [3.05, 3.63) is 40.8 Å². The molecule has 0 aliphatic carbocycles. The zero-order valence-corrected chi connectivity index (χ0v) is 7.51. The lowest BCUT2D eigenvalue weighted by molar-refractivity contribution is 0.561. The number of benzene rings is 1. The molecule has 0 spiro atoms. The van der Waals surface area contributed by atoms with Gasteiger partial charge >= 0.3 is 5.63 Å². The fourth-order valence-corrected chi connectivity index (χ4v) is 1.08. The maximum atomic E-state index is 10.8. The minimum atomic E-state index is -0.354. The minimum absolute atomic E-state index is 0. The first-order valence-corrected chi connectivity index (χ1v) is 3.55. The van der Waals surface area contributed by atoms with Crippen LogP contribution in [0.5, 0.6) is 0 Å². The van der Waals surface area contributed by atoms with Gasteiger partial charge < -0.3 is 10.2 Å². The fraction of sp³-hybridized carbons (Fsp3) is 0. The Hall–Kier alpha value is -1.48. The van der Waals surface area contributed by atoms with Gasteiger partial charge in [0.2, 0.25) is 0 Å². The second-order valence-corrected chi connectivity index (χ2v) is 2.55. The molecule has 0 saturated heterocycles. The Morgan fingerprint density at radius 3 is 2.62 bits per heavy atom. The molecule has 1 aromatic heterocycles. The van der Waals surface area contributed by atoms with E-state index in [0.29, 0.717) is 11.3 Å². The SMILES string of the molecule is Cl.Nc1ccc2ccc(=O)oc2c1. The Labute approximate surface area is 80.6 Å². The van der Waals surface area contributed by atoms with E-state index in [1.54, 1.807) is 18.2 Å². The molecule has 0 aliphatic rings. The van der Waals surface area contributed by atoms with Crippen molar-refractivity contribution in [3.63, 3.8) is 0 Å². The number of halogens is 1. The van der Waals surface area contributed by atoms with E-state index in [9.17, 15) is 4.79 Å². The summed E-state index contributed by atoms with van der Waals surface area (Å²) in [5, 5.41) is 0.879. The molecule has 2 N–H and O–H groups in total. The summed E-state index contributed by atoms with van der Waals surface area (Å²) < 4.78 is 4.91. The Kier molecular flexibility index (Phi) is 2.58. The van der Waals surface area contributed by atoms with Gasteiger partial charge in [0.25, 0.3) is 0 Å². The lowest BCUT2D eigenvalue weighted by Crippen LogP contribution is -1.94. The summed E-state index contributed by atoms with van der Waals surface area (Å²) in [5.74, 6) is 0. The first kappa shape index (κ1) is 9.61. The summed E-state index contributed by atoms with van der Waals surface area (Å²) in [5.41, 5.74) is 6.28. The number of rotatable bonds is 0. The Morgan fingerprint density at radius 1 is 1.15 bits per heavy atom. The molecule has 3 nitrogen and oxygen atoms in total. The summed E-state index contributed by atoms with van der Waals surface area (Å²) in [6.07, 6.45) is 0. The van der Waals surface area contributed by atoms with Crippen LogP contribution in [0.2, 0.25) is 0 Å². The second-order valence-electron chi connectivity index (χ2n) is 2.55. The van der Waals surface area contributed by atoms with E-state index < -0.39 is 0 Å². The molecule has 13 heavy (non-hydrogen) atoms. The van der Waals surface area contributed by atoms with Gasteiger partial charge in [-0.2, -0.15) is 0 Å². The lowest BCUT2D eigenvalue weighted by Gasteiger charge is -1.95. The second kappa shape index (κ2) is 3.49. The third kappa shape index (κ3) is 1.81. The molecule has 0 unspecified atom stereocenters. The van der Waals surface area contributed by atoms with Crippen LogP contribution in [0, 0.1) is 0 Å². The van der Waals surface area contributed by atoms with Crippen LogP contribution in [0.1, 0.15) is 0 Å². The minimum Gasteiger partial charge on any atom is -0.423 e. The molecule has 0 atom stereocenters. The van der Waals surface area contributed by atoms with Crippen molar-refractivity contribution in [3.8, 4) is 0 Å². The Balaban J connectivity index is 0.000000845. The molecule has 0 amide bonds. The number of fused-ring (bicyclic) bond motifs is 1. The van der Waals surface area contributed by atoms with Crippen molar-refractivity contribution >= 4 is 29.1 Å². The van der Waals surface area contributed by atoms with Crippen LogP contribution in [0.15, 0.2) is 39.5 Å². The average Bonchev–Trinajstić information content (AvgIpc) is 2.03. The third-order valence-corrected chi connectivity index (χ3v) is 1.65. The van der Waals surface area contributed by atoms with Crippen molar-refractivity contribution in [1.29, 1.82) is 0 Å². The van der Waals surface area contributed by atoms with Crippen LogP contribution in [-0.2, 0) is 0 Å². The van der Waals surface area contributed by atoms with Gasteiger partial charge in [0, 0.05) is 23.2 Å². The van der Waals surface area contributed by atoms with Gasteiger partial charge in [0.05, 0.1) is 0 Å². The maximum absolute atomic E-state index is 10.8. The first-order chi connectivity index (χ1) is 5.75. The van der Waals surface area contributed by atoms with E-state index in [4.69, 9.17) is 10.2 Å². The van der Waals surface area contributed by atoms with Crippen LogP contribution in [0.25, 0.3) is 11.0 Å². The molecule has 4 heteroatoms. The van der Waals surface area contributed by atoms with Gasteiger partial charge in [0.15, 0.2) is 0 Å². The van der Waals surface area contributed by atoms with Crippen LogP contribution in [-0.4, -0.2) is 0 Å². The molecule has 0 bridgehead atoms. The molecule has 1 heterocycles. The molecule has 2 aromatic rings. The Morgan fingerprint density at radius 2 is 1.85 bits per heavy atom. The molecule has 68 valence electrons. The van der Waals surface area contributed by atoms with Crippen molar-refractivity contribution < 1.29 is 4.42 Å². The highest BCUT2D eigenvalue weighted by Crippen LogP contribution is 2.14. The molecular weight excluding hydrogens is 190 g/mol. The van der Waals surface area contributed by atoms with Gasteiger partial charge in [-0.15, -0.1) is 12.4 Å². The van der Waals surface area contributed by atoms with E-state index in [1.165, 1.54) is 6.07 Å². The number of hydrogen-bond donors (Lipinski definition) is 1. The van der Waals surface area contributed by atoms with Crippen molar-refractivity contribution in [1.82, 2.24) is 0 Å². The molecule has 0 aliphatic heterocycles. The van der Waals surface area contributed by atoms with Crippen molar-refractivity contribution in [2.24, 2.45) is 0 Å². The first-order valence-electron chi connectivity index (χ1n) is 3.55. The normalized spacial score (nSPS) is 9.54. The van der Waals surface area contributed by atoms with Crippen LogP contribution in [0.4, 0.5) is 5.69 Å². The quantitative estimate of drug-likeness (QED) is 0.518. The predicted molar refractivity (Wildman–Crippen MR) is 54.1 cm³/mol. The zero-order chi connectivity index (χ0) is 8.55. The summed E-state index contributed by atoms with van der Waals surface area (Å²) in [4.78, 5) is 10.8. The van der Waals surface area contributed by atoms with Gasteiger partial charge in [-0.3, -0.25) is 0 Å². The standard InChI is InChI=1S/C9H7NO2.ClH/c10-7-3-1-6-2-4-9(11)12-8(6)5-7;/h1-5H,10H2;1H. The molecule has 2 rings (SSSR count). The van der Waals surface area contributed by atoms with E-state index in [2.05, 4.69) is 0 Å². The lowest BCUT2D eigenvalue weighted by atomic mass is 10.2. The van der Waals surface area contributed by atoms with Gasteiger partial charge in [-0.25, -0.2) is 4.79 Å². The highest BCUT2D eigenvalue weighted by atomic mass is 35.5. The summed E-state index contributed by atoms with van der Waals surface area (Å²) in [6.45, 7) is 0. The number of anilines is 1. The van der Waals surface area contributed by atoms with Crippen LogP contribution < -0.4 is 11.4 Å². The van der Waals surface area contributed by atoms with Crippen molar-refractivity contribution in [2.45, 2.75) is 0 Å². The van der Waals surface area contributed by atoms with E-state index >= 15 is 0 Å². The number of hydrogen-bond acceptors (Lipinski definition) is 3. The molecule has 0 saturated carbocycles. The maximum Gasteiger partial charge on any atom is 0.336 e. The summed E-state index contributed by atoms with van der Waals surface area (Å²) in [6, 6.07) is 8.31. The molecule has 0 fully saturated rings. The number of nitrogens with two attached hydrogens (primary N) is 1. The topological polar surface area (TPSA) is 56.2 Å². The fourth-order valence-electron chi connectivity index (χ4n) is 1.08. The van der Waals surface area contributed by atoms with Crippen LogP contribution in [0.3, 0.4) is 0 Å². The number of nitrogen functional groups attached to an aromatic ring is 1. The average molecular weight is 198 g/mol. The van der Waals surface area contributed by atoms with Gasteiger partial charge in [0.1, 0.15) is 5.58 Å². The van der Waals surface area contributed by atoms with E-state index in [0.717, 1.165) is 5.39 Å². The third-order valence-electron chi connectivity index (χ3n) is 1.65. The Bertz CT molecular complexity index is 478. The van der Waals surface area contributed by atoms with E-state index in [1.807, 2.05) is 6.07 Å². The summed E-state index contributed by atoms with van der Waals surface area (Å²) >= 11 is 0. The molecular formula is C9H8ClNO2. The van der Waals surface area contributed by atoms with Crippen molar-refractivity contribution in [2.75, 3.05) is 5.73 Å².